The van der Waals surface area contributed by atoms with Gasteiger partial charge in [-0.1, -0.05) is 19.9 Å². The number of aryl methyl sites for hydroxylation is 1. The van der Waals surface area contributed by atoms with E-state index in [2.05, 4.69) is 9.71 Å². The first-order valence-corrected chi connectivity index (χ1v) is 8.45. The monoisotopic (exact) mass is 320 g/mol. The van der Waals surface area contributed by atoms with Gasteiger partial charge in [0, 0.05) is 6.20 Å². The van der Waals surface area contributed by atoms with Crippen molar-refractivity contribution in [1.82, 2.24) is 4.98 Å². The Morgan fingerprint density at radius 3 is 2.50 bits per heavy atom. The van der Waals surface area contributed by atoms with Crippen molar-refractivity contribution in [2.45, 2.75) is 31.6 Å². The molecule has 1 aromatic heterocycles. The first-order valence-electron chi connectivity index (χ1n) is 6.97. The molecule has 0 aliphatic heterocycles. The molecule has 2 rings (SSSR count). The number of hydrogen-bond acceptors (Lipinski definition) is 4. The van der Waals surface area contributed by atoms with E-state index in [0.717, 1.165) is 11.1 Å². The molecule has 0 radical (unpaired) electrons. The molecule has 2 aromatic rings. The molecule has 0 aliphatic rings. The van der Waals surface area contributed by atoms with Crippen molar-refractivity contribution in [1.29, 1.82) is 0 Å². The Hall–Kier alpha value is -2.08. The summed E-state index contributed by atoms with van der Waals surface area (Å²) in [5.41, 5.74) is 1.86. The third kappa shape index (κ3) is 3.57. The first kappa shape index (κ1) is 16.3. The van der Waals surface area contributed by atoms with Gasteiger partial charge in [-0.2, -0.15) is 0 Å². The second-order valence-electron chi connectivity index (χ2n) is 5.39. The normalized spacial score (nSPS) is 11.5. The standard InChI is InChI=1S/C16H20N2O3S/c1-11(2)13-5-6-14(21-4)15(10-13)22(19,20)18-16-9-12(3)7-8-17-16/h5-11H,1-4H3,(H,17,18). The van der Waals surface area contributed by atoms with Crippen LogP contribution in [0.25, 0.3) is 0 Å². The van der Waals surface area contributed by atoms with Gasteiger partial charge in [0.05, 0.1) is 7.11 Å². The minimum atomic E-state index is -3.77. The molecule has 0 amide bonds. The van der Waals surface area contributed by atoms with Crippen LogP contribution in [-0.4, -0.2) is 20.5 Å². The van der Waals surface area contributed by atoms with Gasteiger partial charge in [0.2, 0.25) is 0 Å². The fraction of sp³-hybridized carbons (Fsp3) is 0.312. The molecule has 0 saturated carbocycles. The van der Waals surface area contributed by atoms with Gasteiger partial charge in [-0.15, -0.1) is 0 Å². The Balaban J connectivity index is 2.46. The van der Waals surface area contributed by atoms with Crippen LogP contribution in [-0.2, 0) is 10.0 Å². The van der Waals surface area contributed by atoms with Crippen LogP contribution in [0.5, 0.6) is 5.75 Å². The van der Waals surface area contributed by atoms with Crippen molar-refractivity contribution in [3.8, 4) is 5.75 Å². The van der Waals surface area contributed by atoms with Gasteiger partial charge in [-0.05, 0) is 48.2 Å². The zero-order valence-electron chi connectivity index (χ0n) is 13.1. The van der Waals surface area contributed by atoms with Gasteiger partial charge in [-0.25, -0.2) is 13.4 Å². The highest BCUT2D eigenvalue weighted by molar-refractivity contribution is 7.92. The summed E-state index contributed by atoms with van der Waals surface area (Å²) >= 11 is 0. The second-order valence-corrected chi connectivity index (χ2v) is 7.04. The molecule has 5 nitrogen and oxygen atoms in total. The van der Waals surface area contributed by atoms with E-state index in [1.54, 1.807) is 30.5 Å². The van der Waals surface area contributed by atoms with Crippen LogP contribution in [0.15, 0.2) is 41.4 Å². The zero-order valence-corrected chi connectivity index (χ0v) is 13.9. The number of sulfonamides is 1. The van der Waals surface area contributed by atoms with E-state index >= 15 is 0 Å². The van der Waals surface area contributed by atoms with E-state index < -0.39 is 10.0 Å². The fourth-order valence-corrected chi connectivity index (χ4v) is 3.25. The molecule has 22 heavy (non-hydrogen) atoms. The van der Waals surface area contributed by atoms with Crippen molar-refractivity contribution < 1.29 is 13.2 Å². The van der Waals surface area contributed by atoms with Crippen LogP contribution in [0.1, 0.15) is 30.9 Å². The number of rotatable bonds is 5. The van der Waals surface area contributed by atoms with Gasteiger partial charge >= 0.3 is 0 Å². The molecule has 0 spiro atoms. The lowest BCUT2D eigenvalue weighted by Gasteiger charge is -2.14. The number of nitrogens with one attached hydrogen (secondary N) is 1. The summed E-state index contributed by atoms with van der Waals surface area (Å²) in [6.45, 7) is 5.89. The van der Waals surface area contributed by atoms with E-state index in [1.165, 1.54) is 7.11 Å². The van der Waals surface area contributed by atoms with Crippen LogP contribution in [0, 0.1) is 6.92 Å². The average molecular weight is 320 g/mol. The molecule has 118 valence electrons. The van der Waals surface area contributed by atoms with Crippen LogP contribution >= 0.6 is 0 Å². The molecular weight excluding hydrogens is 300 g/mol. The number of methoxy groups -OCH3 is 1. The Morgan fingerprint density at radius 2 is 1.91 bits per heavy atom. The number of benzene rings is 1. The molecule has 6 heteroatoms. The maximum absolute atomic E-state index is 12.6. The Labute approximate surface area is 131 Å². The number of hydrogen-bond donors (Lipinski definition) is 1. The van der Waals surface area contributed by atoms with E-state index in [9.17, 15) is 8.42 Å². The zero-order chi connectivity index (χ0) is 16.3. The molecule has 1 aromatic carbocycles. The van der Waals surface area contributed by atoms with E-state index in [1.807, 2.05) is 26.8 Å². The molecule has 0 bridgehead atoms. The van der Waals surface area contributed by atoms with Crippen molar-refractivity contribution >= 4 is 15.8 Å². The summed E-state index contributed by atoms with van der Waals surface area (Å²) in [6.07, 6.45) is 1.56. The largest absolute Gasteiger partial charge is 0.495 e. The quantitative estimate of drug-likeness (QED) is 0.917. The number of anilines is 1. The maximum Gasteiger partial charge on any atom is 0.266 e. The summed E-state index contributed by atoms with van der Waals surface area (Å²) < 4.78 is 33.0. The summed E-state index contributed by atoms with van der Waals surface area (Å²) in [4.78, 5) is 4.15. The highest BCUT2D eigenvalue weighted by atomic mass is 32.2. The maximum atomic E-state index is 12.6. The SMILES string of the molecule is COc1ccc(C(C)C)cc1S(=O)(=O)Nc1cc(C)ccn1. The average Bonchev–Trinajstić information content (AvgIpc) is 2.46. The van der Waals surface area contributed by atoms with Crippen molar-refractivity contribution in [3.63, 3.8) is 0 Å². The third-order valence-corrected chi connectivity index (χ3v) is 4.67. The van der Waals surface area contributed by atoms with Crippen LogP contribution in [0.2, 0.25) is 0 Å². The number of pyridine rings is 1. The smallest absolute Gasteiger partial charge is 0.266 e. The first-order chi connectivity index (χ1) is 10.3. The summed E-state index contributed by atoms with van der Waals surface area (Å²) in [5.74, 6) is 0.818. The van der Waals surface area contributed by atoms with E-state index in [-0.39, 0.29) is 16.6 Å². The van der Waals surface area contributed by atoms with Gasteiger partial charge in [0.25, 0.3) is 10.0 Å². The molecule has 0 aliphatic carbocycles. The van der Waals surface area contributed by atoms with Crippen LogP contribution in [0.4, 0.5) is 5.82 Å². The topological polar surface area (TPSA) is 68.3 Å². The van der Waals surface area contributed by atoms with Crippen molar-refractivity contribution in [2.24, 2.45) is 0 Å². The predicted molar refractivity (Wildman–Crippen MR) is 86.9 cm³/mol. The summed E-state index contributed by atoms with van der Waals surface area (Å²) in [7, 11) is -2.31. The van der Waals surface area contributed by atoms with Gasteiger partial charge in [-0.3, -0.25) is 4.72 Å². The van der Waals surface area contributed by atoms with Gasteiger partial charge < -0.3 is 4.74 Å². The Morgan fingerprint density at radius 1 is 1.18 bits per heavy atom. The molecule has 0 atom stereocenters. The Kier molecular flexibility index (Phi) is 4.71. The predicted octanol–water partition coefficient (Wildman–Crippen LogP) is 3.32. The van der Waals surface area contributed by atoms with Crippen LogP contribution in [0.3, 0.4) is 0 Å². The molecular formula is C16H20N2O3S. The molecule has 0 saturated heterocycles. The molecule has 0 fully saturated rings. The Bertz CT molecular complexity index is 771. The lowest BCUT2D eigenvalue weighted by Crippen LogP contribution is -2.15. The highest BCUT2D eigenvalue weighted by Gasteiger charge is 2.21. The molecule has 1 heterocycles. The molecule has 1 N–H and O–H groups in total. The van der Waals surface area contributed by atoms with Crippen molar-refractivity contribution in [3.05, 3.63) is 47.7 Å². The highest BCUT2D eigenvalue weighted by Crippen LogP contribution is 2.29. The summed E-state index contributed by atoms with van der Waals surface area (Å²) in [5, 5.41) is 0. The van der Waals surface area contributed by atoms with Gasteiger partial charge in [0.15, 0.2) is 0 Å². The number of aromatic nitrogens is 1. The number of nitrogens with zero attached hydrogens (tertiary/aromatic N) is 1. The summed E-state index contributed by atoms with van der Waals surface area (Å²) in [6, 6.07) is 8.66. The lowest BCUT2D eigenvalue weighted by molar-refractivity contribution is 0.402. The number of ether oxygens (including phenoxy) is 1. The minimum Gasteiger partial charge on any atom is -0.495 e. The van der Waals surface area contributed by atoms with Crippen LogP contribution < -0.4 is 9.46 Å². The third-order valence-electron chi connectivity index (χ3n) is 3.30. The van der Waals surface area contributed by atoms with Crippen molar-refractivity contribution in [2.75, 3.05) is 11.8 Å². The van der Waals surface area contributed by atoms with E-state index in [0.29, 0.717) is 5.75 Å². The molecule has 0 unspecified atom stereocenters. The fourth-order valence-electron chi connectivity index (χ4n) is 2.05. The van der Waals surface area contributed by atoms with E-state index in [4.69, 9.17) is 4.74 Å². The lowest BCUT2D eigenvalue weighted by atomic mass is 10.0. The van der Waals surface area contributed by atoms with Gasteiger partial charge in [0.1, 0.15) is 16.5 Å². The second kappa shape index (κ2) is 6.36. The minimum absolute atomic E-state index is 0.115.